The monoisotopic (exact) mass is 566 g/mol. The molecule has 0 aliphatic carbocycles. The van der Waals surface area contributed by atoms with Crippen molar-refractivity contribution in [3.05, 3.63) is 83.9 Å². The molecule has 0 aliphatic rings. The number of hydrogen-bond acceptors (Lipinski definition) is 6. The number of rotatable bonds is 14. The Hall–Kier alpha value is -4.34. The van der Waals surface area contributed by atoms with Gasteiger partial charge in [-0.25, -0.2) is 9.59 Å². The Bertz CT molecular complexity index is 1130. The minimum absolute atomic E-state index is 0.143. The second-order valence-electron chi connectivity index (χ2n) is 10.4. The van der Waals surface area contributed by atoms with Crippen molar-refractivity contribution in [3.8, 4) is 0 Å². The van der Waals surface area contributed by atoms with E-state index in [9.17, 15) is 19.2 Å². The molecule has 0 bridgehead atoms. The van der Waals surface area contributed by atoms with Crippen molar-refractivity contribution >= 4 is 24.0 Å². The first kappa shape index (κ1) is 32.9. The lowest BCUT2D eigenvalue weighted by Gasteiger charge is -2.25. The van der Waals surface area contributed by atoms with Crippen LogP contribution in [-0.2, 0) is 32.1 Å². The number of carbonyl (C=O) groups excluding carboxylic acids is 4. The molecular weight excluding hydrogens is 524 g/mol. The van der Waals surface area contributed by atoms with Gasteiger partial charge in [0.1, 0.15) is 18.2 Å². The number of ether oxygens (including phenoxy) is 2. The maximum Gasteiger partial charge on any atom is 0.408 e. The molecule has 222 valence electrons. The lowest BCUT2D eigenvalue weighted by atomic mass is 10.0. The Morgan fingerprint density at radius 2 is 1.49 bits per heavy atom. The topological polar surface area (TPSA) is 135 Å². The predicted octanol–water partition coefficient (Wildman–Crippen LogP) is 4.01. The van der Waals surface area contributed by atoms with Gasteiger partial charge < -0.3 is 30.7 Å². The maximum atomic E-state index is 13.4. The summed E-state index contributed by atoms with van der Waals surface area (Å²) >= 11 is 0. The smallest absolute Gasteiger partial charge is 0.408 e. The van der Waals surface area contributed by atoms with Crippen LogP contribution in [0.2, 0.25) is 0 Å². The molecule has 0 saturated carbocycles. The van der Waals surface area contributed by atoms with E-state index >= 15 is 0 Å². The number of hydrogen-bond donors (Lipinski definition) is 4. The highest BCUT2D eigenvalue weighted by Crippen LogP contribution is 2.09. The zero-order valence-corrected chi connectivity index (χ0v) is 24.3. The Morgan fingerprint density at radius 3 is 2.10 bits per heavy atom. The minimum atomic E-state index is -0.942. The first-order chi connectivity index (χ1) is 19.6. The van der Waals surface area contributed by atoms with E-state index in [4.69, 9.17) is 9.47 Å². The van der Waals surface area contributed by atoms with Gasteiger partial charge in [0, 0.05) is 19.2 Å². The van der Waals surface area contributed by atoms with E-state index in [1.165, 1.54) is 6.08 Å². The van der Waals surface area contributed by atoms with Crippen LogP contribution in [0.4, 0.5) is 9.59 Å². The summed E-state index contributed by atoms with van der Waals surface area (Å²) in [5.74, 6) is -0.711. The van der Waals surface area contributed by atoms with Gasteiger partial charge >= 0.3 is 12.2 Å². The van der Waals surface area contributed by atoms with Gasteiger partial charge in [-0.2, -0.15) is 0 Å². The molecule has 4 N–H and O–H groups in total. The number of carbonyl (C=O) groups is 4. The third-order valence-corrected chi connectivity index (χ3v) is 5.62. The van der Waals surface area contributed by atoms with E-state index in [2.05, 4.69) is 21.3 Å². The van der Waals surface area contributed by atoms with Gasteiger partial charge in [0.2, 0.25) is 11.8 Å². The van der Waals surface area contributed by atoms with Crippen molar-refractivity contribution in [1.29, 1.82) is 0 Å². The molecule has 2 aromatic rings. The van der Waals surface area contributed by atoms with Crippen LogP contribution in [0, 0.1) is 0 Å². The van der Waals surface area contributed by atoms with Crippen molar-refractivity contribution in [2.75, 3.05) is 13.1 Å². The molecule has 0 heterocycles. The van der Waals surface area contributed by atoms with Gasteiger partial charge in [-0.15, -0.1) is 0 Å². The van der Waals surface area contributed by atoms with Crippen molar-refractivity contribution in [2.24, 2.45) is 0 Å². The van der Waals surface area contributed by atoms with Crippen LogP contribution in [0.15, 0.2) is 72.8 Å². The van der Waals surface area contributed by atoms with Crippen LogP contribution < -0.4 is 21.3 Å². The summed E-state index contributed by atoms with van der Waals surface area (Å²) in [7, 11) is 0. The number of nitrogens with one attached hydrogen (secondary N) is 4. The van der Waals surface area contributed by atoms with Crippen LogP contribution in [0.5, 0.6) is 0 Å². The second-order valence-corrected chi connectivity index (χ2v) is 10.4. The third kappa shape index (κ3) is 14.6. The molecule has 41 heavy (non-hydrogen) atoms. The SMILES string of the molecule is CCNC(=O)/C=C/[C@H](Cc1ccccc1)NC(=O)[C@H](CCCNC(=O)OCc1ccccc1)NC(=O)OC(C)(C)C. The highest BCUT2D eigenvalue weighted by molar-refractivity contribution is 5.88. The van der Waals surface area contributed by atoms with Crippen molar-refractivity contribution < 1.29 is 28.7 Å². The predicted molar refractivity (Wildman–Crippen MR) is 157 cm³/mol. The lowest BCUT2D eigenvalue weighted by molar-refractivity contribution is -0.124. The summed E-state index contributed by atoms with van der Waals surface area (Å²) in [6, 6.07) is 17.4. The molecule has 0 radical (unpaired) electrons. The fourth-order valence-electron chi connectivity index (χ4n) is 3.74. The fourth-order valence-corrected chi connectivity index (χ4v) is 3.74. The maximum absolute atomic E-state index is 13.4. The van der Waals surface area contributed by atoms with Crippen molar-refractivity contribution in [2.45, 2.75) is 71.2 Å². The number of benzene rings is 2. The van der Waals surface area contributed by atoms with E-state index in [-0.39, 0.29) is 25.5 Å². The standard InChI is InChI=1S/C31H42N4O6/c1-5-32-27(36)19-18-25(21-23-13-8-6-9-14-23)34-28(37)26(35-30(39)41-31(2,3)4)17-12-20-33-29(38)40-22-24-15-10-7-11-16-24/h6-11,13-16,18-19,25-26H,5,12,17,20-22H2,1-4H3,(H,32,36)(H,33,38)(H,34,37)(H,35,39)/b19-18+/t25-,26+/m1/s1. The molecule has 0 unspecified atom stereocenters. The average Bonchev–Trinajstić information content (AvgIpc) is 2.92. The van der Waals surface area contributed by atoms with Gasteiger partial charge in [-0.3, -0.25) is 9.59 Å². The van der Waals surface area contributed by atoms with E-state index < -0.39 is 35.8 Å². The molecule has 10 heteroatoms. The molecule has 2 atom stereocenters. The van der Waals surface area contributed by atoms with E-state index in [0.29, 0.717) is 19.4 Å². The molecule has 0 aliphatic heterocycles. The Labute approximate surface area is 242 Å². The summed E-state index contributed by atoms with van der Waals surface area (Å²) in [5.41, 5.74) is 1.08. The van der Waals surface area contributed by atoms with Crippen molar-refractivity contribution in [1.82, 2.24) is 21.3 Å². The Balaban J connectivity index is 2.02. The Morgan fingerprint density at radius 1 is 0.854 bits per heavy atom. The molecule has 10 nitrogen and oxygen atoms in total. The Kier molecular flexibility index (Phi) is 13.9. The van der Waals surface area contributed by atoms with Crippen LogP contribution >= 0.6 is 0 Å². The minimum Gasteiger partial charge on any atom is -0.445 e. The first-order valence-electron chi connectivity index (χ1n) is 13.8. The summed E-state index contributed by atoms with van der Waals surface area (Å²) in [6.07, 6.45) is 2.76. The number of alkyl carbamates (subject to hydrolysis) is 2. The first-order valence-corrected chi connectivity index (χ1v) is 13.8. The van der Waals surface area contributed by atoms with Crippen molar-refractivity contribution in [3.63, 3.8) is 0 Å². The normalized spacial score (nSPS) is 12.6. The van der Waals surface area contributed by atoms with E-state index in [1.807, 2.05) is 67.6 Å². The highest BCUT2D eigenvalue weighted by Gasteiger charge is 2.25. The van der Waals surface area contributed by atoms with Gasteiger partial charge in [0.25, 0.3) is 0 Å². The molecule has 0 fully saturated rings. The summed E-state index contributed by atoms with van der Waals surface area (Å²) in [4.78, 5) is 50.0. The number of amides is 4. The molecule has 0 saturated heterocycles. The quantitative estimate of drug-likeness (QED) is 0.202. The zero-order valence-electron chi connectivity index (χ0n) is 24.3. The lowest BCUT2D eigenvalue weighted by Crippen LogP contribution is -2.51. The van der Waals surface area contributed by atoms with Crippen LogP contribution in [-0.4, -0.2) is 54.8 Å². The summed E-state index contributed by atoms with van der Waals surface area (Å²) < 4.78 is 10.6. The molecule has 2 aromatic carbocycles. The fraction of sp³-hybridized carbons (Fsp3) is 0.419. The van der Waals surface area contributed by atoms with Crippen LogP contribution in [0.1, 0.15) is 51.7 Å². The second kappa shape index (κ2) is 17.4. The third-order valence-electron chi connectivity index (χ3n) is 5.62. The molecule has 4 amide bonds. The van der Waals surface area contributed by atoms with Gasteiger partial charge in [-0.05, 0) is 58.1 Å². The largest absolute Gasteiger partial charge is 0.445 e. The summed E-state index contributed by atoms with van der Waals surface area (Å²) in [5, 5.41) is 10.9. The van der Waals surface area contributed by atoms with E-state index in [1.54, 1.807) is 26.8 Å². The van der Waals surface area contributed by atoms with Crippen LogP contribution in [0.3, 0.4) is 0 Å². The molecule has 0 aromatic heterocycles. The molecule has 2 rings (SSSR count). The zero-order chi connectivity index (χ0) is 30.1. The van der Waals surface area contributed by atoms with Gasteiger partial charge in [0.05, 0.1) is 6.04 Å². The summed E-state index contributed by atoms with van der Waals surface area (Å²) in [6.45, 7) is 7.87. The average molecular weight is 567 g/mol. The highest BCUT2D eigenvalue weighted by atomic mass is 16.6. The van der Waals surface area contributed by atoms with Gasteiger partial charge in [-0.1, -0.05) is 66.7 Å². The molecule has 0 spiro atoms. The van der Waals surface area contributed by atoms with Crippen LogP contribution in [0.25, 0.3) is 0 Å². The molecular formula is C31H42N4O6. The van der Waals surface area contributed by atoms with E-state index in [0.717, 1.165) is 11.1 Å². The number of likely N-dealkylation sites (N-methyl/N-ethyl adjacent to an activating group) is 1. The van der Waals surface area contributed by atoms with Gasteiger partial charge in [0.15, 0.2) is 0 Å².